The quantitative estimate of drug-likeness (QED) is 0.795. The summed E-state index contributed by atoms with van der Waals surface area (Å²) in [6.07, 6.45) is 3.86. The SMILES string of the molecule is CC(C)c1ccc(-c2ccc(C(C)C)nc2)nc1. The van der Waals surface area contributed by atoms with Crippen molar-refractivity contribution in [2.45, 2.75) is 39.5 Å². The second-order valence-electron chi connectivity index (χ2n) is 5.26. The molecule has 0 saturated heterocycles. The predicted molar refractivity (Wildman–Crippen MR) is 75.6 cm³/mol. The van der Waals surface area contributed by atoms with Crippen LogP contribution in [0.2, 0.25) is 0 Å². The van der Waals surface area contributed by atoms with Gasteiger partial charge < -0.3 is 0 Å². The lowest BCUT2D eigenvalue weighted by atomic mass is 10.0. The van der Waals surface area contributed by atoms with Crippen molar-refractivity contribution in [2.24, 2.45) is 0 Å². The van der Waals surface area contributed by atoms with E-state index in [-0.39, 0.29) is 0 Å². The van der Waals surface area contributed by atoms with E-state index in [0.717, 1.165) is 17.0 Å². The molecule has 0 bridgehead atoms. The van der Waals surface area contributed by atoms with Gasteiger partial charge in [-0.25, -0.2) is 0 Å². The first-order valence-electron chi connectivity index (χ1n) is 6.50. The molecule has 0 N–H and O–H groups in total. The molecule has 0 amide bonds. The van der Waals surface area contributed by atoms with E-state index in [4.69, 9.17) is 0 Å². The summed E-state index contributed by atoms with van der Waals surface area (Å²) in [6, 6.07) is 8.39. The summed E-state index contributed by atoms with van der Waals surface area (Å²) >= 11 is 0. The minimum absolute atomic E-state index is 0.468. The van der Waals surface area contributed by atoms with Gasteiger partial charge in [0.15, 0.2) is 0 Å². The maximum atomic E-state index is 4.50. The average Bonchev–Trinajstić information content (AvgIpc) is 2.39. The molecular weight excluding hydrogens is 220 g/mol. The first kappa shape index (κ1) is 12.7. The van der Waals surface area contributed by atoms with Gasteiger partial charge in [-0.2, -0.15) is 0 Å². The van der Waals surface area contributed by atoms with Crippen molar-refractivity contribution in [3.05, 3.63) is 47.9 Å². The molecule has 0 aliphatic heterocycles. The Bertz CT molecular complexity index is 446. The third kappa shape index (κ3) is 2.76. The van der Waals surface area contributed by atoms with Gasteiger partial charge in [0.2, 0.25) is 0 Å². The van der Waals surface area contributed by atoms with E-state index in [1.807, 2.05) is 12.4 Å². The standard InChI is InChI=1S/C16H20N2/c1-11(2)13-5-8-16(18-9-13)14-6-7-15(12(3)4)17-10-14/h5-12H,1-4H3. The van der Waals surface area contributed by atoms with Gasteiger partial charge in [-0.05, 0) is 35.6 Å². The normalized spacial score (nSPS) is 11.2. The van der Waals surface area contributed by atoms with Gasteiger partial charge in [-0.15, -0.1) is 0 Å². The molecule has 0 aromatic carbocycles. The van der Waals surface area contributed by atoms with Crippen molar-refractivity contribution in [1.82, 2.24) is 9.97 Å². The second-order valence-corrected chi connectivity index (χ2v) is 5.26. The van der Waals surface area contributed by atoms with Crippen molar-refractivity contribution < 1.29 is 0 Å². The Morgan fingerprint density at radius 3 is 2.00 bits per heavy atom. The van der Waals surface area contributed by atoms with Crippen LogP contribution in [0, 0.1) is 0 Å². The van der Waals surface area contributed by atoms with Crippen LogP contribution in [0.25, 0.3) is 11.3 Å². The summed E-state index contributed by atoms with van der Waals surface area (Å²) in [5, 5.41) is 0. The van der Waals surface area contributed by atoms with Crippen LogP contribution >= 0.6 is 0 Å². The number of hydrogen-bond acceptors (Lipinski definition) is 2. The lowest BCUT2D eigenvalue weighted by Gasteiger charge is -2.07. The van der Waals surface area contributed by atoms with Gasteiger partial charge in [0.25, 0.3) is 0 Å². The van der Waals surface area contributed by atoms with E-state index in [0.29, 0.717) is 11.8 Å². The highest BCUT2D eigenvalue weighted by Gasteiger charge is 2.04. The van der Waals surface area contributed by atoms with Gasteiger partial charge in [-0.3, -0.25) is 9.97 Å². The fraction of sp³-hybridized carbons (Fsp3) is 0.375. The Labute approximate surface area is 109 Å². The maximum Gasteiger partial charge on any atom is 0.0717 e. The van der Waals surface area contributed by atoms with E-state index < -0.39 is 0 Å². The Hall–Kier alpha value is -1.70. The number of pyridine rings is 2. The Balaban J connectivity index is 2.25. The van der Waals surface area contributed by atoms with Crippen LogP contribution in [0.3, 0.4) is 0 Å². The van der Waals surface area contributed by atoms with E-state index >= 15 is 0 Å². The lowest BCUT2D eigenvalue weighted by Crippen LogP contribution is -1.94. The third-order valence-electron chi connectivity index (χ3n) is 3.13. The molecule has 2 aromatic heterocycles. The van der Waals surface area contributed by atoms with Crippen LogP contribution in [0.15, 0.2) is 36.7 Å². The molecule has 0 spiro atoms. The van der Waals surface area contributed by atoms with E-state index in [1.54, 1.807) is 0 Å². The van der Waals surface area contributed by atoms with Gasteiger partial charge in [0.05, 0.1) is 5.69 Å². The van der Waals surface area contributed by atoms with E-state index in [9.17, 15) is 0 Å². The zero-order valence-corrected chi connectivity index (χ0v) is 11.5. The third-order valence-corrected chi connectivity index (χ3v) is 3.13. The Morgan fingerprint density at radius 2 is 1.56 bits per heavy atom. The molecular formula is C16H20N2. The van der Waals surface area contributed by atoms with Crippen LogP contribution < -0.4 is 0 Å². The summed E-state index contributed by atoms with van der Waals surface area (Å²) in [4.78, 5) is 8.98. The first-order chi connectivity index (χ1) is 8.58. The highest BCUT2D eigenvalue weighted by atomic mass is 14.7. The van der Waals surface area contributed by atoms with Crippen molar-refractivity contribution in [3.8, 4) is 11.3 Å². The molecule has 2 nitrogen and oxygen atoms in total. The predicted octanol–water partition coefficient (Wildman–Crippen LogP) is 4.39. The smallest absolute Gasteiger partial charge is 0.0717 e. The molecule has 2 rings (SSSR count). The molecule has 2 heteroatoms. The number of nitrogens with zero attached hydrogens (tertiary/aromatic N) is 2. The number of hydrogen-bond donors (Lipinski definition) is 0. The largest absolute Gasteiger partial charge is 0.260 e. The summed E-state index contributed by atoms with van der Waals surface area (Å²) in [5.74, 6) is 0.989. The van der Waals surface area contributed by atoms with Gasteiger partial charge >= 0.3 is 0 Å². The fourth-order valence-electron chi connectivity index (χ4n) is 1.82. The van der Waals surface area contributed by atoms with Crippen molar-refractivity contribution in [1.29, 1.82) is 0 Å². The van der Waals surface area contributed by atoms with Gasteiger partial charge in [-0.1, -0.05) is 33.8 Å². The van der Waals surface area contributed by atoms with Crippen LogP contribution in [0.5, 0.6) is 0 Å². The van der Waals surface area contributed by atoms with Crippen LogP contribution in [-0.2, 0) is 0 Å². The summed E-state index contributed by atoms with van der Waals surface area (Å²) in [5.41, 5.74) is 4.46. The van der Waals surface area contributed by atoms with Crippen molar-refractivity contribution in [2.75, 3.05) is 0 Å². The second kappa shape index (κ2) is 5.30. The minimum Gasteiger partial charge on any atom is -0.260 e. The summed E-state index contributed by atoms with van der Waals surface area (Å²) in [6.45, 7) is 8.65. The van der Waals surface area contributed by atoms with E-state index in [1.165, 1.54) is 5.56 Å². The van der Waals surface area contributed by atoms with Crippen molar-refractivity contribution in [3.63, 3.8) is 0 Å². The van der Waals surface area contributed by atoms with Crippen LogP contribution in [0.1, 0.15) is 50.8 Å². The van der Waals surface area contributed by atoms with Crippen LogP contribution in [-0.4, -0.2) is 9.97 Å². The zero-order valence-electron chi connectivity index (χ0n) is 11.5. The Morgan fingerprint density at radius 1 is 0.778 bits per heavy atom. The molecule has 0 atom stereocenters. The van der Waals surface area contributed by atoms with Gasteiger partial charge in [0, 0.05) is 23.7 Å². The monoisotopic (exact) mass is 240 g/mol. The molecule has 0 unspecified atom stereocenters. The maximum absolute atomic E-state index is 4.50. The zero-order chi connectivity index (χ0) is 13.1. The molecule has 0 fully saturated rings. The van der Waals surface area contributed by atoms with Crippen LogP contribution in [0.4, 0.5) is 0 Å². The lowest BCUT2D eigenvalue weighted by molar-refractivity contribution is 0.823. The molecule has 18 heavy (non-hydrogen) atoms. The molecule has 2 aromatic rings. The highest BCUT2D eigenvalue weighted by molar-refractivity contribution is 5.58. The van der Waals surface area contributed by atoms with Gasteiger partial charge in [0.1, 0.15) is 0 Å². The summed E-state index contributed by atoms with van der Waals surface area (Å²) in [7, 11) is 0. The van der Waals surface area contributed by atoms with E-state index in [2.05, 4.69) is 61.9 Å². The fourth-order valence-corrected chi connectivity index (χ4v) is 1.82. The van der Waals surface area contributed by atoms with Crippen molar-refractivity contribution >= 4 is 0 Å². The minimum atomic E-state index is 0.468. The summed E-state index contributed by atoms with van der Waals surface area (Å²) < 4.78 is 0. The molecule has 94 valence electrons. The Kier molecular flexibility index (Phi) is 3.75. The highest BCUT2D eigenvalue weighted by Crippen LogP contribution is 2.21. The molecule has 2 heterocycles. The number of aromatic nitrogens is 2. The molecule has 0 saturated carbocycles. The first-order valence-corrected chi connectivity index (χ1v) is 6.50. The molecule has 0 radical (unpaired) electrons. The molecule has 0 aliphatic rings. The molecule has 0 aliphatic carbocycles. The topological polar surface area (TPSA) is 25.8 Å². The number of rotatable bonds is 3. The average molecular weight is 240 g/mol.